The topological polar surface area (TPSA) is 76.4 Å². The number of aliphatic hydroxyl groups is 1. The highest BCUT2D eigenvalue weighted by Crippen LogP contribution is 2.23. The minimum Gasteiger partial charge on any atom is -0.494 e. The third-order valence-electron chi connectivity index (χ3n) is 2.73. The first-order valence-corrected chi connectivity index (χ1v) is 6.30. The monoisotopic (exact) mass is 275 g/mol. The lowest BCUT2D eigenvalue weighted by Crippen LogP contribution is -2.12. The van der Waals surface area contributed by atoms with Crippen LogP contribution in [0, 0.1) is 0 Å². The number of aryl methyl sites for hydroxylation is 1. The van der Waals surface area contributed by atoms with Crippen molar-refractivity contribution in [3.8, 4) is 5.75 Å². The van der Waals surface area contributed by atoms with E-state index < -0.39 is 0 Å². The molecule has 0 bridgehead atoms. The van der Waals surface area contributed by atoms with Crippen LogP contribution in [-0.2, 0) is 13.7 Å². The molecule has 2 rings (SSSR count). The number of benzene rings is 1. The number of hydrogen-bond acceptors (Lipinski definition) is 4. The summed E-state index contributed by atoms with van der Waals surface area (Å²) >= 11 is 0. The summed E-state index contributed by atoms with van der Waals surface area (Å²) in [6, 6.07) is 5.14. The number of amides is 1. The highest BCUT2D eigenvalue weighted by molar-refractivity contribution is 6.02. The third-order valence-corrected chi connectivity index (χ3v) is 2.73. The predicted molar refractivity (Wildman–Crippen MR) is 74.7 cm³/mol. The Morgan fingerprint density at radius 1 is 1.50 bits per heavy atom. The molecule has 106 valence electrons. The largest absolute Gasteiger partial charge is 0.494 e. The number of imidazole rings is 1. The molecule has 2 aromatic rings. The fourth-order valence-corrected chi connectivity index (χ4v) is 1.80. The van der Waals surface area contributed by atoms with E-state index >= 15 is 0 Å². The van der Waals surface area contributed by atoms with Crippen molar-refractivity contribution in [3.05, 3.63) is 42.0 Å². The number of nitrogens with one attached hydrogen (secondary N) is 1. The number of nitrogens with zero attached hydrogens (tertiary/aromatic N) is 2. The Morgan fingerprint density at radius 2 is 2.30 bits per heavy atom. The van der Waals surface area contributed by atoms with Crippen LogP contribution in [0.3, 0.4) is 0 Å². The second-order valence-corrected chi connectivity index (χ2v) is 4.29. The van der Waals surface area contributed by atoms with Gasteiger partial charge in [0.25, 0.3) is 5.91 Å². The number of aliphatic hydroxyl groups excluding tert-OH is 1. The molecule has 0 saturated heterocycles. The molecule has 0 radical (unpaired) electrons. The van der Waals surface area contributed by atoms with Gasteiger partial charge in [-0.3, -0.25) is 4.79 Å². The molecule has 2 N–H and O–H groups in total. The molecule has 0 atom stereocenters. The first kappa shape index (κ1) is 14.1. The fraction of sp³-hybridized carbons (Fsp3) is 0.286. The van der Waals surface area contributed by atoms with E-state index in [9.17, 15) is 9.90 Å². The predicted octanol–water partition coefficient (Wildman–Crippen LogP) is 1.56. The van der Waals surface area contributed by atoms with E-state index in [-0.39, 0.29) is 12.5 Å². The summed E-state index contributed by atoms with van der Waals surface area (Å²) in [6.07, 6.45) is 3.20. The molecule has 1 heterocycles. The molecule has 0 saturated carbocycles. The lowest BCUT2D eigenvalue weighted by atomic mass is 10.2. The summed E-state index contributed by atoms with van der Waals surface area (Å²) in [5.74, 6) is 0.324. The molecule has 1 aromatic carbocycles. The van der Waals surface area contributed by atoms with E-state index in [0.717, 1.165) is 0 Å². The van der Waals surface area contributed by atoms with Gasteiger partial charge in [-0.15, -0.1) is 0 Å². The van der Waals surface area contributed by atoms with Crippen molar-refractivity contribution in [1.29, 1.82) is 0 Å². The van der Waals surface area contributed by atoms with E-state index in [2.05, 4.69) is 10.3 Å². The first-order chi connectivity index (χ1) is 9.63. The van der Waals surface area contributed by atoms with Crippen LogP contribution < -0.4 is 10.1 Å². The van der Waals surface area contributed by atoms with Crippen molar-refractivity contribution in [2.45, 2.75) is 13.5 Å². The normalized spacial score (nSPS) is 10.3. The molecular weight excluding hydrogens is 258 g/mol. The smallest absolute Gasteiger partial charge is 0.275 e. The van der Waals surface area contributed by atoms with Crippen molar-refractivity contribution in [1.82, 2.24) is 9.55 Å². The Balaban J connectivity index is 2.15. The average Bonchev–Trinajstić information content (AvgIpc) is 2.87. The highest BCUT2D eigenvalue weighted by atomic mass is 16.5. The molecule has 6 nitrogen and oxygen atoms in total. The van der Waals surface area contributed by atoms with Crippen molar-refractivity contribution >= 4 is 11.6 Å². The van der Waals surface area contributed by atoms with Gasteiger partial charge in [0.05, 0.1) is 19.5 Å². The van der Waals surface area contributed by atoms with Gasteiger partial charge in [0.2, 0.25) is 0 Å². The lowest BCUT2D eigenvalue weighted by molar-refractivity contribution is 0.102. The van der Waals surface area contributed by atoms with E-state index in [1.807, 2.05) is 6.92 Å². The molecule has 0 aliphatic carbocycles. The van der Waals surface area contributed by atoms with Crippen LogP contribution >= 0.6 is 0 Å². The molecule has 1 amide bonds. The Hall–Kier alpha value is -2.34. The van der Waals surface area contributed by atoms with Gasteiger partial charge in [-0.2, -0.15) is 0 Å². The summed E-state index contributed by atoms with van der Waals surface area (Å²) in [5.41, 5.74) is 1.56. The van der Waals surface area contributed by atoms with Crippen LogP contribution in [0.2, 0.25) is 0 Å². The zero-order valence-electron chi connectivity index (χ0n) is 11.5. The molecule has 0 fully saturated rings. The number of carbonyl (C=O) groups excluding carboxylic acids is 1. The Morgan fingerprint density at radius 3 is 2.90 bits per heavy atom. The Labute approximate surface area is 117 Å². The summed E-state index contributed by atoms with van der Waals surface area (Å²) in [4.78, 5) is 15.9. The summed E-state index contributed by atoms with van der Waals surface area (Å²) in [6.45, 7) is 2.24. The number of rotatable bonds is 5. The second-order valence-electron chi connectivity index (χ2n) is 4.29. The number of carbonyl (C=O) groups is 1. The zero-order valence-corrected chi connectivity index (χ0v) is 11.5. The SMILES string of the molecule is CCOc1ccc(NC(=O)c2cn(C)cn2)cc1CO. The fourth-order valence-electron chi connectivity index (χ4n) is 1.80. The van der Waals surface area contributed by atoms with Gasteiger partial charge in [0, 0.05) is 24.5 Å². The Kier molecular flexibility index (Phi) is 4.37. The molecule has 0 aliphatic rings. The minimum atomic E-state index is -0.293. The highest BCUT2D eigenvalue weighted by Gasteiger charge is 2.10. The van der Waals surface area contributed by atoms with Gasteiger partial charge in [-0.25, -0.2) is 4.98 Å². The van der Waals surface area contributed by atoms with Gasteiger partial charge >= 0.3 is 0 Å². The second kappa shape index (κ2) is 6.21. The Bertz CT molecular complexity index is 607. The van der Waals surface area contributed by atoms with Crippen LogP contribution in [0.4, 0.5) is 5.69 Å². The number of aromatic nitrogens is 2. The molecule has 0 unspecified atom stereocenters. The quantitative estimate of drug-likeness (QED) is 0.868. The summed E-state index contributed by atoms with van der Waals surface area (Å²) in [7, 11) is 1.80. The molecule has 0 spiro atoms. The number of ether oxygens (including phenoxy) is 1. The van der Waals surface area contributed by atoms with Crippen LogP contribution in [0.15, 0.2) is 30.7 Å². The molecule has 20 heavy (non-hydrogen) atoms. The van der Waals surface area contributed by atoms with E-state index in [1.165, 1.54) is 0 Å². The van der Waals surface area contributed by atoms with E-state index in [4.69, 9.17) is 4.74 Å². The van der Waals surface area contributed by atoms with E-state index in [0.29, 0.717) is 29.3 Å². The standard InChI is InChI=1S/C14H17N3O3/c1-3-20-13-5-4-11(6-10(13)8-18)16-14(19)12-7-17(2)9-15-12/h4-7,9,18H,3,8H2,1-2H3,(H,16,19). The van der Waals surface area contributed by atoms with Crippen LogP contribution in [0.5, 0.6) is 5.75 Å². The van der Waals surface area contributed by atoms with Gasteiger partial charge in [-0.1, -0.05) is 0 Å². The zero-order chi connectivity index (χ0) is 14.5. The maximum absolute atomic E-state index is 12.0. The average molecular weight is 275 g/mol. The van der Waals surface area contributed by atoms with Crippen molar-refractivity contribution < 1.29 is 14.6 Å². The number of hydrogen-bond donors (Lipinski definition) is 2. The maximum Gasteiger partial charge on any atom is 0.275 e. The van der Waals surface area contributed by atoms with E-state index in [1.54, 1.807) is 42.3 Å². The molecule has 0 aliphatic heterocycles. The van der Waals surface area contributed by atoms with Gasteiger partial charge in [0.15, 0.2) is 0 Å². The number of anilines is 1. The van der Waals surface area contributed by atoms with Crippen molar-refractivity contribution in [3.63, 3.8) is 0 Å². The van der Waals surface area contributed by atoms with Gasteiger partial charge in [0.1, 0.15) is 11.4 Å². The first-order valence-electron chi connectivity index (χ1n) is 6.30. The molecule has 6 heteroatoms. The van der Waals surface area contributed by atoms with Crippen LogP contribution in [-0.4, -0.2) is 27.2 Å². The lowest BCUT2D eigenvalue weighted by Gasteiger charge is -2.10. The van der Waals surface area contributed by atoms with Crippen LogP contribution in [0.1, 0.15) is 23.0 Å². The minimum absolute atomic E-state index is 0.150. The third kappa shape index (κ3) is 3.16. The van der Waals surface area contributed by atoms with Gasteiger partial charge < -0.3 is 19.7 Å². The summed E-state index contributed by atoms with van der Waals surface area (Å²) in [5, 5.41) is 12.0. The maximum atomic E-state index is 12.0. The van der Waals surface area contributed by atoms with Crippen LogP contribution in [0.25, 0.3) is 0 Å². The summed E-state index contributed by atoms with van der Waals surface area (Å²) < 4.78 is 7.09. The van der Waals surface area contributed by atoms with Gasteiger partial charge in [-0.05, 0) is 25.1 Å². The van der Waals surface area contributed by atoms with Crippen molar-refractivity contribution in [2.75, 3.05) is 11.9 Å². The van der Waals surface area contributed by atoms with Crippen molar-refractivity contribution in [2.24, 2.45) is 7.05 Å². The molecular formula is C14H17N3O3. The molecule has 1 aromatic heterocycles.